The first kappa shape index (κ1) is 33.3. The van der Waals surface area contributed by atoms with Gasteiger partial charge in [-0.2, -0.15) is 0 Å². The van der Waals surface area contributed by atoms with Crippen molar-refractivity contribution < 1.29 is 24.2 Å². The number of hydrogen-bond donors (Lipinski definition) is 3. The number of nitrogens with zero attached hydrogens (tertiary/aromatic N) is 1. The molecule has 36 heavy (non-hydrogen) atoms. The number of carboxylic acid groups (broad SMARTS) is 1. The average molecular weight is 641 g/mol. The molecule has 10 heteroatoms. The van der Waals surface area contributed by atoms with E-state index >= 15 is 0 Å². The van der Waals surface area contributed by atoms with Crippen LogP contribution in [0.2, 0.25) is 0 Å². The van der Waals surface area contributed by atoms with E-state index in [0.717, 1.165) is 64.0 Å². The van der Waals surface area contributed by atoms with Crippen molar-refractivity contribution in [1.82, 2.24) is 15.5 Å². The number of esters is 1. The van der Waals surface area contributed by atoms with E-state index in [1.54, 1.807) is 18.7 Å². The summed E-state index contributed by atoms with van der Waals surface area (Å²) in [7, 11) is 0. The number of carbonyl (C=O) groups is 3. The summed E-state index contributed by atoms with van der Waals surface area (Å²) in [4.78, 5) is 39.6. The fourth-order valence-corrected chi connectivity index (χ4v) is 6.23. The lowest BCUT2D eigenvalue weighted by Gasteiger charge is -2.35. The van der Waals surface area contributed by atoms with Crippen molar-refractivity contribution >= 4 is 51.8 Å². The van der Waals surface area contributed by atoms with Crippen molar-refractivity contribution in [3.63, 3.8) is 0 Å². The standard InChI is InChI=1S/C26H45N3O5.2BrH/c1-3-34-26(33)21(11-6-4-5-9-19-13-15-27-16-14-19)28-18(2)24(30)29-22-12-8-7-10-20(22)17-23(29)25(31)32;;/h18-23,27-28H,3-17H2,1-2H3,(H,31,32);2*1H/t18-,20-,21-,22-,23-;;/m0../s1. The third kappa shape index (κ3) is 9.24. The van der Waals surface area contributed by atoms with E-state index in [1.807, 2.05) is 0 Å². The number of unbranched alkanes of at least 4 members (excludes halogenated alkanes) is 2. The summed E-state index contributed by atoms with van der Waals surface area (Å²) in [6.45, 7) is 6.07. The minimum absolute atomic E-state index is 0. The quantitative estimate of drug-likeness (QED) is 0.216. The van der Waals surface area contributed by atoms with E-state index in [4.69, 9.17) is 4.74 Å². The smallest absolute Gasteiger partial charge is 0.326 e. The maximum atomic E-state index is 13.4. The number of amides is 1. The highest BCUT2D eigenvalue weighted by atomic mass is 79.9. The molecule has 3 rings (SSSR count). The summed E-state index contributed by atoms with van der Waals surface area (Å²) in [6.07, 6.45) is 12.0. The first-order valence-electron chi connectivity index (χ1n) is 13.6. The zero-order valence-electron chi connectivity index (χ0n) is 21.9. The van der Waals surface area contributed by atoms with Crippen molar-refractivity contribution in [2.24, 2.45) is 11.8 Å². The predicted octanol–water partition coefficient (Wildman–Crippen LogP) is 4.25. The number of carboxylic acids is 1. The van der Waals surface area contributed by atoms with Crippen LogP contribution in [0.3, 0.4) is 0 Å². The molecule has 2 heterocycles. The Morgan fingerprint density at radius 2 is 1.75 bits per heavy atom. The van der Waals surface area contributed by atoms with Gasteiger partial charge in [0.1, 0.15) is 12.1 Å². The van der Waals surface area contributed by atoms with Gasteiger partial charge in [0.05, 0.1) is 12.6 Å². The number of carbonyl (C=O) groups excluding carboxylic acids is 2. The third-order valence-corrected chi connectivity index (χ3v) is 8.08. The topological polar surface area (TPSA) is 108 Å². The van der Waals surface area contributed by atoms with Crippen molar-refractivity contribution in [2.75, 3.05) is 19.7 Å². The second kappa shape index (κ2) is 17.0. The monoisotopic (exact) mass is 639 g/mol. The summed E-state index contributed by atoms with van der Waals surface area (Å²) in [5.74, 6) is -0.379. The molecular weight excluding hydrogens is 594 g/mol. The number of rotatable bonds is 12. The number of nitrogens with one attached hydrogen (secondary N) is 2. The second-order valence-corrected chi connectivity index (χ2v) is 10.5. The molecule has 1 aliphatic carbocycles. The summed E-state index contributed by atoms with van der Waals surface area (Å²) in [6, 6.07) is -1.94. The normalized spacial score (nSPS) is 25.6. The molecule has 210 valence electrons. The predicted molar refractivity (Wildman–Crippen MR) is 151 cm³/mol. The molecular formula is C26H47Br2N3O5. The lowest BCUT2D eigenvalue weighted by molar-refractivity contribution is -0.152. The summed E-state index contributed by atoms with van der Waals surface area (Å²) < 4.78 is 5.28. The van der Waals surface area contributed by atoms with Gasteiger partial charge >= 0.3 is 11.9 Å². The Bertz CT molecular complexity index is 692. The van der Waals surface area contributed by atoms with Crippen LogP contribution >= 0.6 is 34.0 Å². The molecule has 0 aromatic rings. The second-order valence-electron chi connectivity index (χ2n) is 10.5. The first-order chi connectivity index (χ1) is 16.4. The molecule has 0 unspecified atom stereocenters. The van der Waals surface area contributed by atoms with E-state index in [-0.39, 0.29) is 57.8 Å². The molecule has 0 bridgehead atoms. The lowest BCUT2D eigenvalue weighted by atomic mass is 9.84. The van der Waals surface area contributed by atoms with Crippen LogP contribution in [0.15, 0.2) is 0 Å². The number of piperidine rings is 1. The fourth-order valence-electron chi connectivity index (χ4n) is 6.23. The van der Waals surface area contributed by atoms with Gasteiger partial charge < -0.3 is 20.1 Å². The Hall–Kier alpha value is -0.710. The molecule has 1 saturated carbocycles. The van der Waals surface area contributed by atoms with Gasteiger partial charge in [0.25, 0.3) is 0 Å². The highest BCUT2D eigenvalue weighted by Gasteiger charge is 2.48. The molecule has 0 aromatic heterocycles. The highest BCUT2D eigenvalue weighted by Crippen LogP contribution is 2.40. The molecule has 3 aliphatic rings. The molecule has 1 amide bonds. The number of ether oxygens (including phenoxy) is 1. The number of fused-ring (bicyclic) bond motifs is 1. The summed E-state index contributed by atoms with van der Waals surface area (Å²) >= 11 is 0. The zero-order valence-corrected chi connectivity index (χ0v) is 25.3. The largest absolute Gasteiger partial charge is 0.480 e. The molecule has 8 nitrogen and oxygen atoms in total. The van der Waals surface area contributed by atoms with Crippen LogP contribution in [0.4, 0.5) is 0 Å². The van der Waals surface area contributed by atoms with Gasteiger partial charge in [-0.05, 0) is 77.3 Å². The van der Waals surface area contributed by atoms with Gasteiger partial charge in [-0.3, -0.25) is 14.9 Å². The Morgan fingerprint density at radius 1 is 1.06 bits per heavy atom. The molecule has 3 N–H and O–H groups in total. The van der Waals surface area contributed by atoms with Gasteiger partial charge in [0, 0.05) is 6.04 Å². The molecule has 0 radical (unpaired) electrons. The van der Waals surface area contributed by atoms with Gasteiger partial charge in [-0.1, -0.05) is 38.5 Å². The lowest BCUT2D eigenvalue weighted by Crippen LogP contribution is -2.55. The third-order valence-electron chi connectivity index (χ3n) is 8.08. The number of likely N-dealkylation sites (tertiary alicyclic amines) is 1. The number of aliphatic carboxylic acids is 1. The Kier molecular flexibility index (Phi) is 15.7. The molecule has 0 spiro atoms. The van der Waals surface area contributed by atoms with Crippen LogP contribution in [-0.4, -0.2) is 71.7 Å². The van der Waals surface area contributed by atoms with Gasteiger partial charge in [0.2, 0.25) is 5.91 Å². The van der Waals surface area contributed by atoms with Gasteiger partial charge in [-0.15, -0.1) is 34.0 Å². The molecule has 3 fully saturated rings. The van der Waals surface area contributed by atoms with E-state index in [1.165, 1.54) is 19.3 Å². The average Bonchev–Trinajstić information content (AvgIpc) is 3.23. The Morgan fingerprint density at radius 3 is 2.42 bits per heavy atom. The van der Waals surface area contributed by atoms with Crippen molar-refractivity contribution in [3.8, 4) is 0 Å². The maximum absolute atomic E-state index is 13.4. The van der Waals surface area contributed by atoms with Crippen molar-refractivity contribution in [2.45, 2.75) is 115 Å². The zero-order chi connectivity index (χ0) is 24.5. The van der Waals surface area contributed by atoms with Crippen LogP contribution in [0.25, 0.3) is 0 Å². The minimum Gasteiger partial charge on any atom is -0.480 e. The number of hydrogen-bond acceptors (Lipinski definition) is 6. The van der Waals surface area contributed by atoms with E-state index in [0.29, 0.717) is 19.4 Å². The van der Waals surface area contributed by atoms with Crippen molar-refractivity contribution in [1.29, 1.82) is 0 Å². The number of halogens is 2. The SMILES string of the molecule is Br.Br.CCOC(=O)[C@H](CCCCCC1CCNCC1)N[C@@H](C)C(=O)N1[C@H](C(=O)O)C[C@@H]2CCCC[C@@H]21. The van der Waals surface area contributed by atoms with E-state index in [2.05, 4.69) is 10.6 Å². The van der Waals surface area contributed by atoms with Crippen molar-refractivity contribution in [3.05, 3.63) is 0 Å². The summed E-state index contributed by atoms with van der Waals surface area (Å²) in [5.41, 5.74) is 0. The molecule has 5 atom stereocenters. The fraction of sp³-hybridized carbons (Fsp3) is 0.885. The van der Waals surface area contributed by atoms with Crippen LogP contribution in [-0.2, 0) is 19.1 Å². The van der Waals surface area contributed by atoms with E-state index < -0.39 is 24.1 Å². The molecule has 0 aromatic carbocycles. The van der Waals surface area contributed by atoms with Crippen LogP contribution in [0.5, 0.6) is 0 Å². The van der Waals surface area contributed by atoms with E-state index in [9.17, 15) is 19.5 Å². The van der Waals surface area contributed by atoms with Gasteiger partial charge in [0.15, 0.2) is 0 Å². The maximum Gasteiger partial charge on any atom is 0.326 e. The van der Waals surface area contributed by atoms with Crippen LogP contribution in [0, 0.1) is 11.8 Å². The van der Waals surface area contributed by atoms with Gasteiger partial charge in [-0.25, -0.2) is 4.79 Å². The molecule has 2 aliphatic heterocycles. The minimum atomic E-state index is -0.925. The van der Waals surface area contributed by atoms with Crippen LogP contribution in [0.1, 0.15) is 90.9 Å². The highest BCUT2D eigenvalue weighted by molar-refractivity contribution is 8.93. The first-order valence-corrected chi connectivity index (χ1v) is 13.6. The Labute approximate surface area is 237 Å². The summed E-state index contributed by atoms with van der Waals surface area (Å²) in [5, 5.41) is 16.4. The molecule has 2 saturated heterocycles. The van der Waals surface area contributed by atoms with Crippen LogP contribution < -0.4 is 10.6 Å². The Balaban J connectivity index is 0.00000324.